The number of hydrogen-bond donors (Lipinski definition) is 0. The number of hydrogen-bond acceptors (Lipinski definition) is 4. The fourth-order valence-corrected chi connectivity index (χ4v) is 2.11. The molecule has 0 unspecified atom stereocenters. The Morgan fingerprint density at radius 3 is 2.21 bits per heavy atom. The van der Waals surface area contributed by atoms with Crippen molar-refractivity contribution in [2.45, 2.75) is 33.6 Å². The third-order valence-electron chi connectivity index (χ3n) is 3.31. The molecule has 19 heavy (non-hydrogen) atoms. The molecule has 0 N–H and O–H groups in total. The number of methoxy groups -OCH3 is 2. The molecule has 0 heterocycles. The van der Waals surface area contributed by atoms with Gasteiger partial charge in [0.25, 0.3) is 0 Å². The van der Waals surface area contributed by atoms with E-state index < -0.39 is 0 Å². The Kier molecular flexibility index (Phi) is 5.10. The molecule has 0 atom stereocenters. The number of carbonyl (C=O) groups is 2. The molecular formula is C15H20O4. The number of ether oxygens (including phenoxy) is 2. The van der Waals surface area contributed by atoms with Gasteiger partial charge in [-0.15, -0.1) is 0 Å². The van der Waals surface area contributed by atoms with Gasteiger partial charge in [-0.1, -0.05) is 0 Å². The van der Waals surface area contributed by atoms with E-state index in [0.717, 1.165) is 22.4 Å². The van der Waals surface area contributed by atoms with Gasteiger partial charge in [-0.25, -0.2) is 0 Å². The van der Waals surface area contributed by atoms with Crippen molar-refractivity contribution in [2.75, 3.05) is 14.2 Å². The van der Waals surface area contributed by atoms with Crippen molar-refractivity contribution in [1.29, 1.82) is 0 Å². The minimum absolute atomic E-state index is 0.0447. The van der Waals surface area contributed by atoms with Crippen LogP contribution in [0.25, 0.3) is 0 Å². The van der Waals surface area contributed by atoms with Crippen LogP contribution in [0.5, 0.6) is 5.75 Å². The summed E-state index contributed by atoms with van der Waals surface area (Å²) in [4.78, 5) is 23.2. The molecule has 0 radical (unpaired) electrons. The molecule has 4 nitrogen and oxygen atoms in total. The summed E-state index contributed by atoms with van der Waals surface area (Å²) < 4.78 is 9.86. The summed E-state index contributed by atoms with van der Waals surface area (Å²) in [5.74, 6) is 0.395. The Morgan fingerprint density at radius 1 is 1.05 bits per heavy atom. The zero-order valence-electron chi connectivity index (χ0n) is 12.1. The largest absolute Gasteiger partial charge is 0.496 e. The van der Waals surface area contributed by atoms with Crippen LogP contribution in [-0.2, 0) is 9.53 Å². The molecule has 0 spiro atoms. The lowest BCUT2D eigenvalue weighted by Crippen LogP contribution is -2.09. The second kappa shape index (κ2) is 6.36. The number of carbonyl (C=O) groups excluding carboxylic acids is 2. The van der Waals surface area contributed by atoms with Gasteiger partial charge in [0, 0.05) is 12.0 Å². The molecule has 0 aromatic heterocycles. The number of benzene rings is 1. The first-order valence-corrected chi connectivity index (χ1v) is 6.17. The summed E-state index contributed by atoms with van der Waals surface area (Å²) in [6.07, 6.45) is 0.275. The molecule has 0 fully saturated rings. The van der Waals surface area contributed by atoms with Gasteiger partial charge in [0.15, 0.2) is 5.78 Å². The van der Waals surface area contributed by atoms with Crippen molar-refractivity contribution in [2.24, 2.45) is 0 Å². The lowest BCUT2D eigenvalue weighted by molar-refractivity contribution is -0.140. The molecular weight excluding hydrogens is 244 g/mol. The molecule has 0 aliphatic carbocycles. The maximum absolute atomic E-state index is 12.1. The fourth-order valence-electron chi connectivity index (χ4n) is 2.11. The van der Waals surface area contributed by atoms with E-state index in [2.05, 4.69) is 4.74 Å². The van der Waals surface area contributed by atoms with Crippen molar-refractivity contribution in [3.05, 3.63) is 28.3 Å². The molecule has 1 aromatic carbocycles. The molecule has 0 amide bonds. The van der Waals surface area contributed by atoms with Crippen LogP contribution in [0.15, 0.2) is 6.07 Å². The minimum atomic E-state index is -0.368. The van der Waals surface area contributed by atoms with Crippen LogP contribution in [-0.4, -0.2) is 26.0 Å². The Balaban J connectivity index is 3.01. The van der Waals surface area contributed by atoms with Crippen LogP contribution < -0.4 is 4.74 Å². The number of aryl methyl sites for hydroxylation is 1. The van der Waals surface area contributed by atoms with Crippen LogP contribution in [0.3, 0.4) is 0 Å². The van der Waals surface area contributed by atoms with Gasteiger partial charge in [-0.2, -0.15) is 0 Å². The maximum Gasteiger partial charge on any atom is 0.305 e. The summed E-state index contributed by atoms with van der Waals surface area (Å²) >= 11 is 0. The number of rotatable bonds is 5. The van der Waals surface area contributed by atoms with E-state index in [1.54, 1.807) is 7.11 Å². The predicted octanol–water partition coefficient (Wildman–Crippen LogP) is 2.76. The molecule has 1 rings (SSSR count). The van der Waals surface area contributed by atoms with Crippen LogP contribution in [0.4, 0.5) is 0 Å². The van der Waals surface area contributed by atoms with Gasteiger partial charge in [0.05, 0.1) is 20.6 Å². The number of ketones is 1. The Hall–Kier alpha value is -1.84. The van der Waals surface area contributed by atoms with Crippen molar-refractivity contribution in [1.82, 2.24) is 0 Å². The van der Waals surface area contributed by atoms with E-state index >= 15 is 0 Å². The highest BCUT2D eigenvalue weighted by Crippen LogP contribution is 2.29. The monoisotopic (exact) mass is 264 g/mol. The highest BCUT2D eigenvalue weighted by atomic mass is 16.5. The molecule has 1 aromatic rings. The second-order valence-corrected chi connectivity index (χ2v) is 4.52. The Labute approximate surface area is 113 Å². The first kappa shape index (κ1) is 15.2. The average molecular weight is 264 g/mol. The van der Waals surface area contributed by atoms with Crippen molar-refractivity contribution in [3.8, 4) is 5.75 Å². The topological polar surface area (TPSA) is 52.6 Å². The van der Waals surface area contributed by atoms with E-state index in [4.69, 9.17) is 4.74 Å². The van der Waals surface area contributed by atoms with Gasteiger partial charge in [0.1, 0.15) is 5.75 Å². The van der Waals surface area contributed by atoms with E-state index in [9.17, 15) is 9.59 Å². The van der Waals surface area contributed by atoms with Gasteiger partial charge < -0.3 is 9.47 Å². The summed E-state index contributed by atoms with van der Waals surface area (Å²) in [7, 11) is 2.94. The quantitative estimate of drug-likeness (QED) is 0.606. The van der Waals surface area contributed by atoms with Crippen LogP contribution in [0, 0.1) is 20.8 Å². The number of Topliss-reactive ketones (excluding diaryl/α,β-unsaturated/α-hetero) is 1. The summed E-state index contributed by atoms with van der Waals surface area (Å²) in [6, 6.07) is 1.82. The maximum atomic E-state index is 12.1. The SMILES string of the molecule is COC(=O)CCC(=O)c1cc(C)c(OC)c(C)c1C. The van der Waals surface area contributed by atoms with Crippen molar-refractivity contribution >= 4 is 11.8 Å². The Morgan fingerprint density at radius 2 is 1.68 bits per heavy atom. The van der Waals surface area contributed by atoms with E-state index in [1.165, 1.54) is 7.11 Å². The summed E-state index contributed by atoms with van der Waals surface area (Å²) in [5, 5.41) is 0. The molecule has 0 aliphatic heterocycles. The van der Waals surface area contributed by atoms with Crippen molar-refractivity contribution < 1.29 is 19.1 Å². The van der Waals surface area contributed by atoms with Crippen molar-refractivity contribution in [3.63, 3.8) is 0 Å². The van der Waals surface area contributed by atoms with Gasteiger partial charge >= 0.3 is 5.97 Å². The van der Waals surface area contributed by atoms with Gasteiger partial charge in [-0.3, -0.25) is 9.59 Å². The normalized spacial score (nSPS) is 10.2. The first-order valence-electron chi connectivity index (χ1n) is 6.17. The highest BCUT2D eigenvalue weighted by molar-refractivity contribution is 5.99. The second-order valence-electron chi connectivity index (χ2n) is 4.52. The summed E-state index contributed by atoms with van der Waals surface area (Å²) in [5.41, 5.74) is 3.44. The molecule has 0 aliphatic rings. The predicted molar refractivity (Wildman–Crippen MR) is 72.8 cm³/mol. The molecule has 4 heteroatoms. The van der Waals surface area contributed by atoms with Crippen LogP contribution >= 0.6 is 0 Å². The third-order valence-corrected chi connectivity index (χ3v) is 3.31. The zero-order chi connectivity index (χ0) is 14.6. The van der Waals surface area contributed by atoms with E-state index in [0.29, 0.717) is 5.56 Å². The lowest BCUT2D eigenvalue weighted by Gasteiger charge is -2.14. The average Bonchev–Trinajstić information content (AvgIpc) is 2.40. The van der Waals surface area contributed by atoms with Crippen LogP contribution in [0.2, 0.25) is 0 Å². The Bertz CT molecular complexity index is 503. The first-order chi connectivity index (χ1) is 8.92. The summed E-state index contributed by atoms with van der Waals surface area (Å²) in [6.45, 7) is 5.73. The zero-order valence-corrected chi connectivity index (χ0v) is 12.1. The van der Waals surface area contributed by atoms with E-state index in [1.807, 2.05) is 26.8 Å². The van der Waals surface area contributed by atoms with Gasteiger partial charge in [-0.05, 0) is 43.5 Å². The van der Waals surface area contributed by atoms with E-state index in [-0.39, 0.29) is 24.6 Å². The van der Waals surface area contributed by atoms with Crippen LogP contribution in [0.1, 0.15) is 39.9 Å². The standard InChI is InChI=1S/C15H20O4/c1-9-8-12(10(2)11(3)15(9)19-5)13(16)6-7-14(17)18-4/h8H,6-7H2,1-5H3. The molecule has 104 valence electrons. The highest BCUT2D eigenvalue weighted by Gasteiger charge is 2.16. The molecule has 0 saturated heterocycles. The lowest BCUT2D eigenvalue weighted by atomic mass is 9.94. The number of esters is 1. The molecule has 0 bridgehead atoms. The molecule has 0 saturated carbocycles. The smallest absolute Gasteiger partial charge is 0.305 e. The third kappa shape index (κ3) is 3.34. The minimum Gasteiger partial charge on any atom is -0.496 e. The van der Waals surface area contributed by atoms with Gasteiger partial charge in [0.2, 0.25) is 0 Å². The fraction of sp³-hybridized carbons (Fsp3) is 0.467.